The number of aromatic nitrogens is 1. The maximum absolute atomic E-state index is 14.7. The van der Waals surface area contributed by atoms with Crippen LogP contribution in [0.25, 0.3) is 39.5 Å². The lowest BCUT2D eigenvalue weighted by Crippen LogP contribution is -2.50. The lowest BCUT2D eigenvalue weighted by Gasteiger charge is -2.33. The predicted octanol–water partition coefficient (Wildman–Crippen LogP) is 8.73. The third-order valence-electron chi connectivity index (χ3n) is 13.1. The lowest BCUT2D eigenvalue weighted by molar-refractivity contribution is 0.176. The molecule has 4 aromatic carbocycles. The number of rotatable bonds is 14. The highest BCUT2D eigenvalue weighted by atomic mass is 16.5. The molecule has 3 aliphatic rings. The van der Waals surface area contributed by atoms with Crippen LogP contribution in [0.4, 0.5) is 5.82 Å². The van der Waals surface area contributed by atoms with E-state index in [0.717, 1.165) is 48.4 Å². The third kappa shape index (κ3) is 9.39. The van der Waals surface area contributed by atoms with Gasteiger partial charge in [-0.05, 0) is 66.3 Å². The number of hydrogen-bond donors (Lipinski definition) is 5. The number of fused-ring (bicyclic) bond motifs is 8. The van der Waals surface area contributed by atoms with Crippen molar-refractivity contribution in [2.45, 2.75) is 75.3 Å². The number of aliphatic hydroxyl groups excluding tert-OH is 2. The summed E-state index contributed by atoms with van der Waals surface area (Å²) >= 11 is 0. The zero-order valence-electron chi connectivity index (χ0n) is 37.1. The van der Waals surface area contributed by atoms with E-state index in [1.165, 1.54) is 37.3 Å². The number of hydrogen-bond acceptors (Lipinski definition) is 10. The van der Waals surface area contributed by atoms with E-state index in [-0.39, 0.29) is 77.1 Å². The number of benzene rings is 4. The number of nitrogens with one attached hydrogen (secondary N) is 2. The number of methoxy groups -OCH3 is 1. The molecule has 2 aliphatic heterocycles. The average molecular weight is 876 g/mol. The first-order valence-corrected chi connectivity index (χ1v) is 22.8. The number of anilines is 1. The van der Waals surface area contributed by atoms with Crippen LogP contribution in [0, 0.1) is 11.8 Å². The minimum Gasteiger partial charge on any atom is -0.508 e. The van der Waals surface area contributed by atoms with Crippen LogP contribution in [0.15, 0.2) is 106 Å². The van der Waals surface area contributed by atoms with Crippen molar-refractivity contribution < 1.29 is 33.9 Å². The highest BCUT2D eigenvalue weighted by molar-refractivity contribution is 5.94. The predicted molar refractivity (Wildman–Crippen MR) is 255 cm³/mol. The van der Waals surface area contributed by atoms with Crippen molar-refractivity contribution in [2.24, 2.45) is 0 Å². The molecular weight excluding hydrogens is 819 g/mol. The summed E-state index contributed by atoms with van der Waals surface area (Å²) in [6, 6.07) is 28.4. The van der Waals surface area contributed by atoms with Crippen molar-refractivity contribution in [3.05, 3.63) is 130 Å². The quantitative estimate of drug-likeness (QED) is 0.0532. The molecular formula is C54H57N3O8. The van der Waals surface area contributed by atoms with Gasteiger partial charge in [-0.1, -0.05) is 98.4 Å². The first-order chi connectivity index (χ1) is 31.7. The zero-order valence-corrected chi connectivity index (χ0v) is 37.1. The van der Waals surface area contributed by atoms with E-state index in [0.29, 0.717) is 36.3 Å². The number of aromatic hydroxyl groups is 1. The topological polar surface area (TPSA) is 150 Å². The second-order valence-electron chi connectivity index (χ2n) is 17.6. The minimum atomic E-state index is -0.837. The van der Waals surface area contributed by atoms with Gasteiger partial charge in [-0.25, -0.2) is 0 Å². The van der Waals surface area contributed by atoms with Gasteiger partial charge in [0.05, 0.1) is 44.0 Å². The molecule has 0 radical (unpaired) electrons. The van der Waals surface area contributed by atoms with Crippen LogP contribution in [0.1, 0.15) is 73.8 Å². The SMILES string of the molecule is COc1c(OCCCO)c([C@@H]2C#C[C@H]3CN(CCN3)c3[nH]c(C4(C)CCCC4)cc3-c3cccc(c3)C2)c2oc(-c3ccc(O)cc3)cc(=O)c2c1OCC[C@@H](O)/C=C/c1ccccc1. The van der Waals surface area contributed by atoms with Crippen molar-refractivity contribution in [3.63, 3.8) is 0 Å². The molecule has 6 aromatic rings. The Hall–Kier alpha value is -6.45. The number of aliphatic hydroxyl groups is 2. The molecule has 0 spiro atoms. The first-order valence-electron chi connectivity index (χ1n) is 22.8. The highest BCUT2D eigenvalue weighted by Crippen LogP contribution is 2.50. The Labute approximate surface area is 379 Å². The van der Waals surface area contributed by atoms with Gasteiger partial charge in [0, 0.05) is 67.4 Å². The normalized spacial score (nSPS) is 18.3. The Balaban J connectivity index is 1.20. The van der Waals surface area contributed by atoms with E-state index >= 15 is 0 Å². The molecule has 0 amide bonds. The van der Waals surface area contributed by atoms with Crippen LogP contribution in [0.2, 0.25) is 0 Å². The number of nitrogens with zero attached hydrogens (tertiary/aromatic N) is 1. The zero-order chi connectivity index (χ0) is 44.9. The Kier molecular flexibility index (Phi) is 13.0. The minimum absolute atomic E-state index is 0.0300. The molecule has 11 heteroatoms. The number of piperazine rings is 1. The van der Waals surface area contributed by atoms with Crippen LogP contribution in [0.5, 0.6) is 23.0 Å². The Morgan fingerprint density at radius 1 is 0.938 bits per heavy atom. The maximum atomic E-state index is 14.7. The van der Waals surface area contributed by atoms with Crippen LogP contribution in [-0.2, 0) is 11.8 Å². The summed E-state index contributed by atoms with van der Waals surface area (Å²) in [5.74, 6) is 8.77. The summed E-state index contributed by atoms with van der Waals surface area (Å²) in [4.78, 5) is 21.0. The van der Waals surface area contributed by atoms with Crippen LogP contribution >= 0.6 is 0 Å². The molecule has 0 unspecified atom stereocenters. The van der Waals surface area contributed by atoms with E-state index < -0.39 is 12.0 Å². The molecule has 2 aromatic heterocycles. The van der Waals surface area contributed by atoms with Gasteiger partial charge in [0.15, 0.2) is 22.5 Å². The number of ether oxygens (including phenoxy) is 3. The molecule has 1 saturated carbocycles. The van der Waals surface area contributed by atoms with Gasteiger partial charge in [0.25, 0.3) is 0 Å². The van der Waals surface area contributed by atoms with Gasteiger partial charge in [0.2, 0.25) is 5.75 Å². The van der Waals surface area contributed by atoms with Crippen LogP contribution in [0.3, 0.4) is 0 Å². The molecule has 2 fully saturated rings. The van der Waals surface area contributed by atoms with E-state index in [9.17, 15) is 20.1 Å². The number of H-pyrrole nitrogens is 1. The summed E-state index contributed by atoms with van der Waals surface area (Å²) in [7, 11) is 1.51. The number of aromatic amines is 1. The van der Waals surface area contributed by atoms with Gasteiger partial charge in [0.1, 0.15) is 22.7 Å². The summed E-state index contributed by atoms with van der Waals surface area (Å²) < 4.78 is 26.1. The van der Waals surface area contributed by atoms with Crippen molar-refractivity contribution in [1.29, 1.82) is 0 Å². The Bertz CT molecular complexity index is 2780. The second-order valence-corrected chi connectivity index (χ2v) is 17.6. The molecule has 336 valence electrons. The number of phenolic OH excluding ortho intramolecular Hbond substituents is 1. The largest absolute Gasteiger partial charge is 0.508 e. The molecule has 1 aliphatic carbocycles. The van der Waals surface area contributed by atoms with E-state index in [1.54, 1.807) is 30.3 Å². The third-order valence-corrected chi connectivity index (χ3v) is 13.1. The van der Waals surface area contributed by atoms with Crippen molar-refractivity contribution in [2.75, 3.05) is 51.5 Å². The maximum Gasteiger partial charge on any atom is 0.204 e. The van der Waals surface area contributed by atoms with Crippen molar-refractivity contribution >= 4 is 22.9 Å². The standard InChI is InChI=1S/C54H57N3O8/c1-54(23-6-7-24-54)46-32-43-38-13-8-12-36(30-38)31-39(15-18-40-34-57(26-25-55-40)53(43)56-46)47-49-48(44(61)33-45(65-49)37-16-20-41(59)21-17-37)51(52(62-2)50(47)63-28-9-27-58)64-29-22-42(60)19-14-35-10-4-3-5-11-35/h3-5,8,10-14,16-17,19-21,30,32-33,39-40,42,55-56,58-60H,6-7,9,22-29,31,34H2,1-2H3/b19-14+/t39-,40+,42+/m1/s1. The molecule has 4 bridgehead atoms. The molecule has 3 atom stereocenters. The monoisotopic (exact) mass is 875 g/mol. The summed E-state index contributed by atoms with van der Waals surface area (Å²) in [5.41, 5.74) is 6.59. The summed E-state index contributed by atoms with van der Waals surface area (Å²) in [6.07, 6.45) is 8.48. The second kappa shape index (κ2) is 19.3. The van der Waals surface area contributed by atoms with Gasteiger partial charge in [-0.2, -0.15) is 0 Å². The molecule has 5 N–H and O–H groups in total. The summed E-state index contributed by atoms with van der Waals surface area (Å²) in [6.45, 7) is 4.66. The van der Waals surface area contributed by atoms with Crippen molar-refractivity contribution in [3.8, 4) is 57.3 Å². The number of phenols is 1. The molecule has 11 nitrogen and oxygen atoms in total. The molecule has 65 heavy (non-hydrogen) atoms. The van der Waals surface area contributed by atoms with Gasteiger partial charge in [-0.15, -0.1) is 0 Å². The van der Waals surface area contributed by atoms with E-state index in [2.05, 4.69) is 64.3 Å². The van der Waals surface area contributed by atoms with Gasteiger partial charge >= 0.3 is 0 Å². The van der Waals surface area contributed by atoms with E-state index in [4.69, 9.17) is 18.6 Å². The van der Waals surface area contributed by atoms with Gasteiger partial charge < -0.3 is 49.1 Å². The van der Waals surface area contributed by atoms with Crippen LogP contribution in [-0.4, -0.2) is 79.0 Å². The smallest absolute Gasteiger partial charge is 0.204 e. The lowest BCUT2D eigenvalue weighted by atomic mass is 9.85. The molecule has 1 saturated heterocycles. The van der Waals surface area contributed by atoms with Gasteiger partial charge in [-0.3, -0.25) is 4.79 Å². The molecule has 9 rings (SSSR count). The highest BCUT2D eigenvalue weighted by Gasteiger charge is 2.35. The molecule has 4 heterocycles. The van der Waals surface area contributed by atoms with Crippen LogP contribution < -0.4 is 29.9 Å². The fourth-order valence-corrected chi connectivity index (χ4v) is 9.53. The Morgan fingerprint density at radius 2 is 1.74 bits per heavy atom. The first kappa shape index (κ1) is 43.8. The fourth-order valence-electron chi connectivity index (χ4n) is 9.53. The summed E-state index contributed by atoms with van der Waals surface area (Å²) in [5, 5.41) is 34.8. The van der Waals surface area contributed by atoms with Crippen molar-refractivity contribution in [1.82, 2.24) is 10.3 Å². The van der Waals surface area contributed by atoms with E-state index in [1.807, 2.05) is 36.4 Å². The fraction of sp³-hybridized carbons (Fsp3) is 0.352. The average Bonchev–Trinajstić information content (AvgIpc) is 3.99. The Morgan fingerprint density at radius 3 is 2.52 bits per heavy atom.